The average Bonchev–Trinajstić information content (AvgIpc) is 2.65. The number of esters is 2. The van der Waals surface area contributed by atoms with Crippen molar-refractivity contribution in [3.8, 4) is 0 Å². The van der Waals surface area contributed by atoms with Crippen molar-refractivity contribution >= 4 is 11.9 Å². The van der Waals surface area contributed by atoms with Crippen LogP contribution in [0.2, 0.25) is 0 Å². The van der Waals surface area contributed by atoms with Crippen molar-refractivity contribution in [3.05, 3.63) is 11.1 Å². The first-order chi connectivity index (χ1) is 13.1. The Kier molecular flexibility index (Phi) is 17.2. The fourth-order valence-corrected chi connectivity index (χ4v) is 3.18. The normalized spacial score (nSPS) is 11.9. The molecule has 4 nitrogen and oxygen atoms in total. The van der Waals surface area contributed by atoms with Crippen LogP contribution in [0.25, 0.3) is 0 Å². The lowest BCUT2D eigenvalue weighted by molar-refractivity contribution is -0.142. The number of hydrogen-bond acceptors (Lipinski definition) is 4. The highest BCUT2D eigenvalue weighted by Crippen LogP contribution is 2.23. The van der Waals surface area contributed by atoms with Crippen LogP contribution in [-0.4, -0.2) is 25.2 Å². The molecule has 0 radical (unpaired) electrons. The molecule has 27 heavy (non-hydrogen) atoms. The minimum atomic E-state index is -0.345. The van der Waals surface area contributed by atoms with Gasteiger partial charge in [-0.1, -0.05) is 71.6 Å². The van der Waals surface area contributed by atoms with E-state index in [9.17, 15) is 9.59 Å². The second-order valence-electron chi connectivity index (χ2n) is 7.08. The summed E-state index contributed by atoms with van der Waals surface area (Å²) >= 11 is 0. The van der Waals surface area contributed by atoms with Gasteiger partial charge in [0.2, 0.25) is 0 Å². The number of unbranched alkanes of at least 4 members (excludes halogenated alkanes) is 9. The summed E-state index contributed by atoms with van der Waals surface area (Å²) in [7, 11) is 0. The standard InChI is InChI=1S/C23H42O4/c1-5-9-11-13-15-17-19-21(23(25)27-8-4)20(22(24)26-7-3)18-16-14-12-10-6-2/h5-19H2,1-4H3. The number of ether oxygens (including phenoxy) is 2. The van der Waals surface area contributed by atoms with Crippen LogP contribution in [0, 0.1) is 0 Å². The quantitative estimate of drug-likeness (QED) is 0.163. The van der Waals surface area contributed by atoms with Crippen molar-refractivity contribution in [2.24, 2.45) is 0 Å². The average molecular weight is 383 g/mol. The molecule has 0 aliphatic carbocycles. The Morgan fingerprint density at radius 3 is 1.19 bits per heavy atom. The molecule has 0 aromatic heterocycles. The number of carbonyl (C=O) groups is 2. The maximum Gasteiger partial charge on any atom is 0.334 e. The van der Waals surface area contributed by atoms with Crippen molar-refractivity contribution in [1.82, 2.24) is 0 Å². The van der Waals surface area contributed by atoms with Crippen molar-refractivity contribution in [3.63, 3.8) is 0 Å². The Hall–Kier alpha value is -1.32. The zero-order valence-corrected chi connectivity index (χ0v) is 18.2. The van der Waals surface area contributed by atoms with E-state index in [1.165, 1.54) is 44.9 Å². The van der Waals surface area contributed by atoms with Crippen molar-refractivity contribution in [1.29, 1.82) is 0 Å². The van der Waals surface area contributed by atoms with E-state index in [0.29, 0.717) is 37.2 Å². The van der Waals surface area contributed by atoms with Gasteiger partial charge in [0.25, 0.3) is 0 Å². The Bertz CT molecular complexity index is 426. The predicted molar refractivity (Wildman–Crippen MR) is 112 cm³/mol. The van der Waals surface area contributed by atoms with Gasteiger partial charge in [0, 0.05) is 11.1 Å². The predicted octanol–water partition coefficient (Wildman–Crippen LogP) is 6.52. The second kappa shape index (κ2) is 18.1. The van der Waals surface area contributed by atoms with Crippen molar-refractivity contribution in [2.45, 2.75) is 111 Å². The molecule has 0 N–H and O–H groups in total. The molecule has 0 aromatic carbocycles. The van der Waals surface area contributed by atoms with Gasteiger partial charge in [-0.05, 0) is 39.5 Å². The van der Waals surface area contributed by atoms with Gasteiger partial charge < -0.3 is 9.47 Å². The third kappa shape index (κ3) is 12.6. The molecule has 0 spiro atoms. The SMILES string of the molecule is CCCCCCCCC(C(=O)OCC)=C(CCCCCCC)C(=O)OCC. The van der Waals surface area contributed by atoms with E-state index in [2.05, 4.69) is 13.8 Å². The molecule has 0 atom stereocenters. The maximum absolute atomic E-state index is 12.5. The molecule has 0 heterocycles. The van der Waals surface area contributed by atoms with E-state index in [1.54, 1.807) is 13.8 Å². The van der Waals surface area contributed by atoms with Crippen LogP contribution in [0.5, 0.6) is 0 Å². The number of rotatable bonds is 17. The third-order valence-corrected chi connectivity index (χ3v) is 4.72. The highest BCUT2D eigenvalue weighted by atomic mass is 16.5. The van der Waals surface area contributed by atoms with E-state index in [1.807, 2.05) is 0 Å². The lowest BCUT2D eigenvalue weighted by Gasteiger charge is -2.14. The minimum Gasteiger partial charge on any atom is -0.463 e. The van der Waals surface area contributed by atoms with E-state index in [0.717, 1.165) is 25.7 Å². The molecule has 0 saturated carbocycles. The van der Waals surface area contributed by atoms with Crippen LogP contribution in [0.1, 0.15) is 111 Å². The van der Waals surface area contributed by atoms with Crippen LogP contribution < -0.4 is 0 Å². The molecule has 0 aromatic rings. The molecule has 0 fully saturated rings. The van der Waals surface area contributed by atoms with Gasteiger partial charge in [0.05, 0.1) is 13.2 Å². The van der Waals surface area contributed by atoms with Crippen molar-refractivity contribution in [2.75, 3.05) is 13.2 Å². The summed E-state index contributed by atoms with van der Waals surface area (Å²) in [4.78, 5) is 25.0. The van der Waals surface area contributed by atoms with Crippen LogP contribution in [0.4, 0.5) is 0 Å². The van der Waals surface area contributed by atoms with E-state index < -0.39 is 0 Å². The lowest BCUT2D eigenvalue weighted by Crippen LogP contribution is -2.17. The van der Waals surface area contributed by atoms with Crippen LogP contribution in [-0.2, 0) is 19.1 Å². The Balaban J connectivity index is 5.06. The Morgan fingerprint density at radius 2 is 0.852 bits per heavy atom. The smallest absolute Gasteiger partial charge is 0.334 e. The van der Waals surface area contributed by atoms with E-state index in [-0.39, 0.29) is 11.9 Å². The summed E-state index contributed by atoms with van der Waals surface area (Å²) in [6.07, 6.45) is 13.6. The third-order valence-electron chi connectivity index (χ3n) is 4.72. The molecule has 0 aliphatic rings. The summed E-state index contributed by atoms with van der Waals surface area (Å²) < 4.78 is 10.5. The summed E-state index contributed by atoms with van der Waals surface area (Å²) in [5.41, 5.74) is 1.08. The second-order valence-corrected chi connectivity index (χ2v) is 7.08. The van der Waals surface area contributed by atoms with Crippen LogP contribution in [0.15, 0.2) is 11.1 Å². The first kappa shape index (κ1) is 25.7. The van der Waals surface area contributed by atoms with Crippen molar-refractivity contribution < 1.29 is 19.1 Å². The van der Waals surface area contributed by atoms with Gasteiger partial charge in [-0.15, -0.1) is 0 Å². The molecule has 4 heteroatoms. The zero-order chi connectivity index (χ0) is 20.3. The molecule has 0 rings (SSSR count). The van der Waals surface area contributed by atoms with Crippen LogP contribution >= 0.6 is 0 Å². The van der Waals surface area contributed by atoms with Gasteiger partial charge in [0.15, 0.2) is 0 Å². The monoisotopic (exact) mass is 382 g/mol. The molecular formula is C23H42O4. The van der Waals surface area contributed by atoms with Crippen LogP contribution in [0.3, 0.4) is 0 Å². The molecule has 0 aliphatic heterocycles. The van der Waals surface area contributed by atoms with E-state index >= 15 is 0 Å². The fraction of sp³-hybridized carbons (Fsp3) is 0.826. The first-order valence-corrected chi connectivity index (χ1v) is 11.2. The molecule has 0 amide bonds. The fourth-order valence-electron chi connectivity index (χ4n) is 3.18. The summed E-state index contributed by atoms with van der Waals surface area (Å²) in [5.74, 6) is -0.690. The molecular weight excluding hydrogens is 340 g/mol. The molecule has 0 unspecified atom stereocenters. The molecule has 158 valence electrons. The Labute approximate surface area is 167 Å². The topological polar surface area (TPSA) is 52.6 Å². The minimum absolute atomic E-state index is 0.325. The van der Waals surface area contributed by atoms with Gasteiger partial charge in [0.1, 0.15) is 0 Å². The Morgan fingerprint density at radius 1 is 0.519 bits per heavy atom. The molecule has 0 saturated heterocycles. The molecule has 0 bridgehead atoms. The zero-order valence-electron chi connectivity index (χ0n) is 18.2. The summed E-state index contributed by atoms with van der Waals surface area (Å²) in [6.45, 7) is 8.64. The summed E-state index contributed by atoms with van der Waals surface area (Å²) in [6, 6.07) is 0. The lowest BCUT2D eigenvalue weighted by atomic mass is 9.96. The van der Waals surface area contributed by atoms with Gasteiger partial charge in [-0.3, -0.25) is 0 Å². The number of carbonyl (C=O) groups excluding carboxylic acids is 2. The highest BCUT2D eigenvalue weighted by molar-refractivity contribution is 6.00. The van der Waals surface area contributed by atoms with Gasteiger partial charge >= 0.3 is 11.9 Å². The largest absolute Gasteiger partial charge is 0.463 e. The van der Waals surface area contributed by atoms with E-state index in [4.69, 9.17) is 9.47 Å². The van der Waals surface area contributed by atoms with Gasteiger partial charge in [-0.2, -0.15) is 0 Å². The van der Waals surface area contributed by atoms with Gasteiger partial charge in [-0.25, -0.2) is 9.59 Å². The number of hydrogen-bond donors (Lipinski definition) is 0. The first-order valence-electron chi connectivity index (χ1n) is 11.2. The highest BCUT2D eigenvalue weighted by Gasteiger charge is 2.22. The summed E-state index contributed by atoms with van der Waals surface area (Å²) in [5, 5.41) is 0. The maximum atomic E-state index is 12.5.